The Kier molecular flexibility index (Phi) is 4.10. The molecule has 0 saturated carbocycles. The summed E-state index contributed by atoms with van der Waals surface area (Å²) in [5.74, 6) is 0.104. The van der Waals surface area contributed by atoms with Crippen LogP contribution in [0.4, 0.5) is 5.69 Å². The molecule has 2 N–H and O–H groups in total. The number of nitrogens with zero attached hydrogens (tertiary/aromatic N) is 2. The molecule has 1 aromatic rings. The maximum Gasteiger partial charge on any atom is 0.253 e. The van der Waals surface area contributed by atoms with Crippen LogP contribution in [-0.4, -0.2) is 48.9 Å². The Hall–Kier alpha value is -1.55. The van der Waals surface area contributed by atoms with E-state index in [2.05, 4.69) is 19.0 Å². The SMILES string of the molecule is Cc1cc(N)cc(C(=O)N2CCC(N(C)C)CC2)c1. The van der Waals surface area contributed by atoms with E-state index in [1.165, 1.54) is 0 Å². The molecular weight excluding hydrogens is 238 g/mol. The molecule has 2 rings (SSSR count). The summed E-state index contributed by atoms with van der Waals surface area (Å²) in [6.07, 6.45) is 2.08. The lowest BCUT2D eigenvalue weighted by Gasteiger charge is -2.35. The van der Waals surface area contributed by atoms with E-state index in [9.17, 15) is 4.79 Å². The van der Waals surface area contributed by atoms with E-state index in [1.807, 2.05) is 24.0 Å². The van der Waals surface area contributed by atoms with Crippen molar-refractivity contribution in [2.45, 2.75) is 25.8 Å². The number of aryl methyl sites for hydroxylation is 1. The van der Waals surface area contributed by atoms with E-state index in [-0.39, 0.29) is 5.91 Å². The van der Waals surface area contributed by atoms with Crippen molar-refractivity contribution >= 4 is 11.6 Å². The lowest BCUT2D eigenvalue weighted by molar-refractivity contribution is 0.0663. The predicted molar refractivity (Wildman–Crippen MR) is 78.2 cm³/mol. The van der Waals surface area contributed by atoms with Gasteiger partial charge in [-0.05, 0) is 57.6 Å². The number of hydrogen-bond donors (Lipinski definition) is 1. The summed E-state index contributed by atoms with van der Waals surface area (Å²) >= 11 is 0. The topological polar surface area (TPSA) is 49.6 Å². The van der Waals surface area contributed by atoms with E-state index in [0.717, 1.165) is 31.5 Å². The number of rotatable bonds is 2. The molecule has 0 atom stereocenters. The second kappa shape index (κ2) is 5.61. The fraction of sp³-hybridized carbons (Fsp3) is 0.533. The summed E-state index contributed by atoms with van der Waals surface area (Å²) in [5.41, 5.74) is 8.21. The van der Waals surface area contributed by atoms with Gasteiger partial charge in [0.1, 0.15) is 0 Å². The van der Waals surface area contributed by atoms with Gasteiger partial charge in [-0.1, -0.05) is 0 Å². The van der Waals surface area contributed by atoms with E-state index in [4.69, 9.17) is 5.73 Å². The zero-order valence-corrected chi connectivity index (χ0v) is 12.0. The number of benzene rings is 1. The molecule has 19 heavy (non-hydrogen) atoms. The number of amides is 1. The van der Waals surface area contributed by atoms with Crippen LogP contribution < -0.4 is 5.73 Å². The summed E-state index contributed by atoms with van der Waals surface area (Å²) < 4.78 is 0. The number of anilines is 1. The predicted octanol–water partition coefficient (Wildman–Crippen LogP) is 1.74. The molecule has 1 heterocycles. The van der Waals surface area contributed by atoms with Gasteiger partial charge in [0.15, 0.2) is 0 Å². The van der Waals surface area contributed by atoms with Gasteiger partial charge in [0.05, 0.1) is 0 Å². The highest BCUT2D eigenvalue weighted by Crippen LogP contribution is 2.18. The van der Waals surface area contributed by atoms with E-state index in [1.54, 1.807) is 6.07 Å². The summed E-state index contributed by atoms with van der Waals surface area (Å²) in [4.78, 5) is 16.6. The quantitative estimate of drug-likeness (QED) is 0.825. The molecule has 1 aliphatic rings. The van der Waals surface area contributed by atoms with Crippen molar-refractivity contribution in [2.75, 3.05) is 32.9 Å². The maximum absolute atomic E-state index is 12.4. The Labute approximate surface area is 115 Å². The van der Waals surface area contributed by atoms with Gasteiger partial charge in [-0.25, -0.2) is 0 Å². The van der Waals surface area contributed by atoms with Crippen LogP contribution in [0.25, 0.3) is 0 Å². The van der Waals surface area contributed by atoms with Crippen molar-refractivity contribution in [1.82, 2.24) is 9.80 Å². The number of piperidine rings is 1. The average Bonchev–Trinajstić information content (AvgIpc) is 2.37. The van der Waals surface area contributed by atoms with Crippen LogP contribution in [0.1, 0.15) is 28.8 Å². The van der Waals surface area contributed by atoms with Gasteiger partial charge < -0.3 is 15.5 Å². The smallest absolute Gasteiger partial charge is 0.253 e. The lowest BCUT2D eigenvalue weighted by Crippen LogP contribution is -2.44. The number of carbonyl (C=O) groups excluding carboxylic acids is 1. The second-order valence-corrected chi connectivity index (χ2v) is 5.62. The third-order valence-electron chi connectivity index (χ3n) is 3.83. The van der Waals surface area contributed by atoms with Gasteiger partial charge in [-0.15, -0.1) is 0 Å². The molecule has 1 fully saturated rings. The molecule has 0 radical (unpaired) electrons. The number of likely N-dealkylation sites (tertiary alicyclic amines) is 1. The maximum atomic E-state index is 12.4. The lowest BCUT2D eigenvalue weighted by atomic mass is 10.0. The fourth-order valence-corrected chi connectivity index (χ4v) is 2.70. The first-order valence-electron chi connectivity index (χ1n) is 6.80. The molecule has 0 bridgehead atoms. The zero-order valence-electron chi connectivity index (χ0n) is 12.0. The van der Waals surface area contributed by atoms with Gasteiger partial charge in [0.25, 0.3) is 5.91 Å². The van der Waals surface area contributed by atoms with Gasteiger partial charge in [0, 0.05) is 30.4 Å². The largest absolute Gasteiger partial charge is 0.399 e. The van der Waals surface area contributed by atoms with E-state index >= 15 is 0 Å². The van der Waals surface area contributed by atoms with E-state index < -0.39 is 0 Å². The summed E-state index contributed by atoms with van der Waals surface area (Å²) in [6, 6.07) is 6.16. The molecular formula is C15H23N3O. The molecule has 0 aromatic heterocycles. The molecule has 1 aliphatic heterocycles. The molecule has 4 nitrogen and oxygen atoms in total. The monoisotopic (exact) mass is 261 g/mol. The Bertz CT molecular complexity index is 442. The first-order chi connectivity index (χ1) is 8.97. The molecule has 1 saturated heterocycles. The van der Waals surface area contributed by atoms with Gasteiger partial charge in [-0.2, -0.15) is 0 Å². The molecule has 4 heteroatoms. The highest BCUT2D eigenvalue weighted by Gasteiger charge is 2.24. The summed E-state index contributed by atoms with van der Waals surface area (Å²) in [6.45, 7) is 3.62. The Morgan fingerprint density at radius 3 is 2.42 bits per heavy atom. The first kappa shape index (κ1) is 13.9. The highest BCUT2D eigenvalue weighted by atomic mass is 16.2. The van der Waals surface area contributed by atoms with Crippen LogP contribution in [0.5, 0.6) is 0 Å². The standard InChI is InChI=1S/C15H23N3O/c1-11-8-12(10-13(16)9-11)15(19)18-6-4-14(5-7-18)17(2)3/h8-10,14H,4-7,16H2,1-3H3. The number of nitrogen functional groups attached to an aromatic ring is 1. The third-order valence-corrected chi connectivity index (χ3v) is 3.83. The van der Waals surface area contributed by atoms with Gasteiger partial charge >= 0.3 is 0 Å². The van der Waals surface area contributed by atoms with Crippen molar-refractivity contribution in [2.24, 2.45) is 0 Å². The van der Waals surface area contributed by atoms with E-state index in [0.29, 0.717) is 17.3 Å². The normalized spacial score (nSPS) is 16.9. The minimum Gasteiger partial charge on any atom is -0.399 e. The van der Waals surface area contributed by atoms with Crippen LogP contribution >= 0.6 is 0 Å². The Morgan fingerprint density at radius 2 is 1.89 bits per heavy atom. The molecule has 0 unspecified atom stereocenters. The molecule has 1 amide bonds. The Morgan fingerprint density at radius 1 is 1.26 bits per heavy atom. The van der Waals surface area contributed by atoms with Crippen molar-refractivity contribution in [3.05, 3.63) is 29.3 Å². The van der Waals surface area contributed by atoms with Gasteiger partial charge in [0.2, 0.25) is 0 Å². The molecule has 104 valence electrons. The van der Waals surface area contributed by atoms with Crippen LogP contribution in [0, 0.1) is 6.92 Å². The third kappa shape index (κ3) is 3.26. The van der Waals surface area contributed by atoms with Crippen molar-refractivity contribution < 1.29 is 4.79 Å². The summed E-state index contributed by atoms with van der Waals surface area (Å²) in [5, 5.41) is 0. The first-order valence-corrected chi connectivity index (χ1v) is 6.80. The van der Waals surface area contributed by atoms with Gasteiger partial charge in [-0.3, -0.25) is 4.79 Å². The van der Waals surface area contributed by atoms with Crippen LogP contribution in [-0.2, 0) is 0 Å². The van der Waals surface area contributed by atoms with Crippen LogP contribution in [0.15, 0.2) is 18.2 Å². The number of nitrogens with two attached hydrogens (primary N) is 1. The minimum absolute atomic E-state index is 0.104. The Balaban J connectivity index is 2.05. The second-order valence-electron chi connectivity index (χ2n) is 5.62. The number of carbonyl (C=O) groups is 1. The molecule has 1 aromatic carbocycles. The van der Waals surface area contributed by atoms with Crippen LogP contribution in [0.3, 0.4) is 0 Å². The minimum atomic E-state index is 0.104. The molecule has 0 aliphatic carbocycles. The molecule has 0 spiro atoms. The van der Waals surface area contributed by atoms with Crippen molar-refractivity contribution in [3.63, 3.8) is 0 Å². The van der Waals surface area contributed by atoms with Crippen molar-refractivity contribution in [3.8, 4) is 0 Å². The highest BCUT2D eigenvalue weighted by molar-refractivity contribution is 5.95. The van der Waals surface area contributed by atoms with Crippen molar-refractivity contribution in [1.29, 1.82) is 0 Å². The average molecular weight is 261 g/mol. The van der Waals surface area contributed by atoms with Crippen LogP contribution in [0.2, 0.25) is 0 Å². The zero-order chi connectivity index (χ0) is 14.0. The summed E-state index contributed by atoms with van der Waals surface area (Å²) in [7, 11) is 4.20. The number of hydrogen-bond acceptors (Lipinski definition) is 3. The fourth-order valence-electron chi connectivity index (χ4n) is 2.70.